The van der Waals surface area contributed by atoms with Crippen molar-refractivity contribution in [1.82, 2.24) is 10.6 Å². The molecule has 1 amide bonds. The average Bonchev–Trinajstić information content (AvgIpc) is 1.80. The van der Waals surface area contributed by atoms with E-state index in [9.17, 15) is 4.79 Å². The summed E-state index contributed by atoms with van der Waals surface area (Å²) in [5, 5.41) is 5.82. The first-order chi connectivity index (χ1) is 4.20. The number of alkyl halides is 1. The van der Waals surface area contributed by atoms with Gasteiger partial charge in [-0.25, -0.2) is 0 Å². The van der Waals surface area contributed by atoms with Crippen molar-refractivity contribution >= 4 is 21.8 Å². The lowest BCUT2D eigenvalue weighted by atomic mass is 10.3. The predicted octanol–water partition coefficient (Wildman–Crippen LogP) is -0.185. The SMILES string of the molecule is CC1NCC(Br)C(=O)N1. The quantitative estimate of drug-likeness (QED) is 0.524. The summed E-state index contributed by atoms with van der Waals surface area (Å²) in [5.41, 5.74) is 0. The van der Waals surface area contributed by atoms with Gasteiger partial charge in [0.1, 0.15) is 4.83 Å². The highest BCUT2D eigenvalue weighted by Crippen LogP contribution is 2.01. The van der Waals surface area contributed by atoms with Crippen molar-refractivity contribution in [3.05, 3.63) is 0 Å². The van der Waals surface area contributed by atoms with Crippen LogP contribution in [0.5, 0.6) is 0 Å². The molecule has 0 aromatic heterocycles. The van der Waals surface area contributed by atoms with Crippen molar-refractivity contribution in [2.45, 2.75) is 17.9 Å². The van der Waals surface area contributed by atoms with Gasteiger partial charge in [0, 0.05) is 6.54 Å². The topological polar surface area (TPSA) is 41.1 Å². The Kier molecular flexibility index (Phi) is 2.08. The Balaban J connectivity index is 2.44. The van der Waals surface area contributed by atoms with Gasteiger partial charge in [-0.05, 0) is 6.92 Å². The van der Waals surface area contributed by atoms with E-state index < -0.39 is 0 Å². The molecule has 0 aliphatic carbocycles. The fourth-order valence-corrected chi connectivity index (χ4v) is 1.05. The number of hydrogen-bond donors (Lipinski definition) is 2. The Bertz CT molecular complexity index is 128. The Labute approximate surface area is 62.3 Å². The number of amides is 1. The van der Waals surface area contributed by atoms with Crippen LogP contribution in [-0.2, 0) is 4.79 Å². The fraction of sp³-hybridized carbons (Fsp3) is 0.800. The first-order valence-electron chi connectivity index (χ1n) is 2.88. The Morgan fingerprint density at radius 1 is 1.78 bits per heavy atom. The lowest BCUT2D eigenvalue weighted by molar-refractivity contribution is -0.122. The van der Waals surface area contributed by atoms with Gasteiger partial charge >= 0.3 is 0 Å². The molecule has 3 nitrogen and oxygen atoms in total. The van der Waals surface area contributed by atoms with E-state index in [2.05, 4.69) is 26.6 Å². The molecule has 0 spiro atoms. The third-order valence-electron chi connectivity index (χ3n) is 1.25. The summed E-state index contributed by atoms with van der Waals surface area (Å²) >= 11 is 3.21. The molecule has 2 N–H and O–H groups in total. The van der Waals surface area contributed by atoms with Gasteiger partial charge in [0.2, 0.25) is 5.91 Å². The zero-order valence-electron chi connectivity index (χ0n) is 5.15. The van der Waals surface area contributed by atoms with Crippen LogP contribution in [0.2, 0.25) is 0 Å². The second kappa shape index (κ2) is 2.66. The van der Waals surface area contributed by atoms with E-state index in [1.165, 1.54) is 0 Å². The molecule has 1 aliphatic rings. The third-order valence-corrected chi connectivity index (χ3v) is 1.99. The van der Waals surface area contributed by atoms with Gasteiger partial charge in [0.05, 0.1) is 6.17 Å². The zero-order valence-corrected chi connectivity index (χ0v) is 6.73. The summed E-state index contributed by atoms with van der Waals surface area (Å²) in [6.07, 6.45) is 0.117. The van der Waals surface area contributed by atoms with Crippen LogP contribution in [0, 0.1) is 0 Å². The predicted molar refractivity (Wildman–Crippen MR) is 38.3 cm³/mol. The van der Waals surface area contributed by atoms with Crippen LogP contribution in [0.3, 0.4) is 0 Å². The van der Waals surface area contributed by atoms with Crippen molar-refractivity contribution in [2.75, 3.05) is 6.54 Å². The molecule has 0 aromatic carbocycles. The molecule has 0 radical (unpaired) electrons. The largest absolute Gasteiger partial charge is 0.340 e. The van der Waals surface area contributed by atoms with Gasteiger partial charge in [-0.2, -0.15) is 0 Å². The maximum Gasteiger partial charge on any atom is 0.236 e. The number of nitrogens with one attached hydrogen (secondary N) is 2. The second-order valence-corrected chi connectivity index (χ2v) is 3.21. The van der Waals surface area contributed by atoms with Gasteiger partial charge in [-0.3, -0.25) is 10.1 Å². The summed E-state index contributed by atoms with van der Waals surface area (Å²) in [6.45, 7) is 2.63. The summed E-state index contributed by atoms with van der Waals surface area (Å²) in [6, 6.07) is 0. The minimum atomic E-state index is -0.0614. The molecule has 1 rings (SSSR count). The third kappa shape index (κ3) is 1.66. The molecule has 2 unspecified atom stereocenters. The van der Waals surface area contributed by atoms with Gasteiger partial charge in [-0.1, -0.05) is 15.9 Å². The van der Waals surface area contributed by atoms with Crippen LogP contribution in [-0.4, -0.2) is 23.4 Å². The molecule has 0 bridgehead atoms. The van der Waals surface area contributed by atoms with Crippen molar-refractivity contribution in [3.63, 3.8) is 0 Å². The zero-order chi connectivity index (χ0) is 6.85. The molecule has 0 saturated carbocycles. The molecule has 4 heteroatoms. The second-order valence-electron chi connectivity index (χ2n) is 2.11. The van der Waals surface area contributed by atoms with Crippen LogP contribution in [0.25, 0.3) is 0 Å². The van der Waals surface area contributed by atoms with E-state index in [0.29, 0.717) is 6.54 Å². The molecule has 0 aromatic rings. The van der Waals surface area contributed by atoms with Crippen LogP contribution in [0.15, 0.2) is 0 Å². The highest BCUT2D eigenvalue weighted by Gasteiger charge is 2.21. The number of carbonyl (C=O) groups is 1. The van der Waals surface area contributed by atoms with E-state index >= 15 is 0 Å². The van der Waals surface area contributed by atoms with Crippen LogP contribution < -0.4 is 10.6 Å². The molecule has 2 atom stereocenters. The Morgan fingerprint density at radius 3 is 2.89 bits per heavy atom. The Hall–Kier alpha value is -0.0900. The maximum atomic E-state index is 10.8. The van der Waals surface area contributed by atoms with Crippen LogP contribution in [0.4, 0.5) is 0 Å². The fourth-order valence-electron chi connectivity index (χ4n) is 0.728. The van der Waals surface area contributed by atoms with Gasteiger partial charge in [0.25, 0.3) is 0 Å². The highest BCUT2D eigenvalue weighted by molar-refractivity contribution is 9.10. The van der Waals surface area contributed by atoms with Crippen LogP contribution in [0.1, 0.15) is 6.92 Å². The summed E-state index contributed by atoms with van der Waals surface area (Å²) in [5.74, 6) is 0.0706. The molecular weight excluding hydrogens is 184 g/mol. The monoisotopic (exact) mass is 192 g/mol. The molecule has 1 saturated heterocycles. The minimum absolute atomic E-state index is 0.0614. The molecule has 52 valence electrons. The lowest BCUT2D eigenvalue weighted by Gasteiger charge is -2.24. The van der Waals surface area contributed by atoms with Crippen LogP contribution >= 0.6 is 15.9 Å². The molecule has 9 heavy (non-hydrogen) atoms. The standard InChI is InChI=1S/C5H9BrN2O/c1-3-7-2-4(6)5(9)8-3/h3-4,7H,2H2,1H3,(H,8,9). The summed E-state index contributed by atoms with van der Waals surface area (Å²) in [7, 11) is 0. The van der Waals surface area contributed by atoms with Crippen molar-refractivity contribution in [1.29, 1.82) is 0 Å². The van der Waals surface area contributed by atoms with Gasteiger partial charge in [-0.15, -0.1) is 0 Å². The number of rotatable bonds is 0. The molecule has 1 aliphatic heterocycles. The van der Waals surface area contributed by atoms with E-state index in [1.54, 1.807) is 0 Å². The Morgan fingerprint density at radius 2 is 2.44 bits per heavy atom. The van der Waals surface area contributed by atoms with Crippen molar-refractivity contribution in [3.8, 4) is 0 Å². The number of hydrogen-bond acceptors (Lipinski definition) is 2. The molecule has 1 heterocycles. The first-order valence-corrected chi connectivity index (χ1v) is 3.79. The van der Waals surface area contributed by atoms with Gasteiger partial charge < -0.3 is 5.32 Å². The minimum Gasteiger partial charge on any atom is -0.340 e. The lowest BCUT2D eigenvalue weighted by Crippen LogP contribution is -2.55. The normalized spacial score (nSPS) is 36.0. The maximum absolute atomic E-state index is 10.8. The first kappa shape index (κ1) is 7.02. The van der Waals surface area contributed by atoms with E-state index in [-0.39, 0.29) is 16.9 Å². The summed E-state index contributed by atoms with van der Waals surface area (Å²) in [4.78, 5) is 10.7. The van der Waals surface area contributed by atoms with E-state index in [0.717, 1.165) is 0 Å². The number of carbonyl (C=O) groups excluding carboxylic acids is 1. The van der Waals surface area contributed by atoms with Crippen molar-refractivity contribution < 1.29 is 4.79 Å². The number of halogens is 1. The van der Waals surface area contributed by atoms with Crippen molar-refractivity contribution in [2.24, 2.45) is 0 Å². The highest BCUT2D eigenvalue weighted by atomic mass is 79.9. The van der Waals surface area contributed by atoms with E-state index in [1.807, 2.05) is 6.92 Å². The van der Waals surface area contributed by atoms with E-state index in [4.69, 9.17) is 0 Å². The summed E-state index contributed by atoms with van der Waals surface area (Å²) < 4.78 is 0. The van der Waals surface area contributed by atoms with Gasteiger partial charge in [0.15, 0.2) is 0 Å². The molecular formula is C5H9BrN2O. The average molecular weight is 193 g/mol. The smallest absolute Gasteiger partial charge is 0.236 e. The molecule has 1 fully saturated rings.